The fourth-order valence-electron chi connectivity index (χ4n) is 6.20. The number of thioether (sulfide) groups is 1. The average Bonchev–Trinajstić information content (AvgIpc) is 3.18. The molecule has 4 rings (SSSR count). The zero-order valence-electron chi connectivity index (χ0n) is 22.2. The Morgan fingerprint density at radius 2 is 2.00 bits per heavy atom. The molecular formula is C30H43FN2O3S. The molecule has 7 heteroatoms. The molecule has 1 aliphatic carbocycles. The van der Waals surface area contributed by atoms with Crippen LogP contribution in [0.3, 0.4) is 0 Å². The first-order valence-electron chi connectivity index (χ1n) is 14.2. The molecule has 1 saturated carbocycles. The van der Waals surface area contributed by atoms with Gasteiger partial charge in [-0.05, 0) is 99.0 Å². The number of nitrogens with zero attached hydrogens (tertiary/aromatic N) is 2. The Labute approximate surface area is 225 Å². The molecule has 37 heavy (non-hydrogen) atoms. The van der Waals surface area contributed by atoms with Crippen LogP contribution in [0.1, 0.15) is 82.4 Å². The van der Waals surface area contributed by atoms with Crippen LogP contribution in [0.15, 0.2) is 30.5 Å². The number of piperidine rings is 1. The van der Waals surface area contributed by atoms with E-state index in [1.165, 1.54) is 44.3 Å². The summed E-state index contributed by atoms with van der Waals surface area (Å²) in [6, 6.07) is 7.31. The Morgan fingerprint density at radius 1 is 1.19 bits per heavy atom. The number of pyridine rings is 1. The van der Waals surface area contributed by atoms with Gasteiger partial charge in [0.25, 0.3) is 0 Å². The molecule has 2 heterocycles. The van der Waals surface area contributed by atoms with Gasteiger partial charge in [0.05, 0.1) is 12.6 Å². The van der Waals surface area contributed by atoms with Crippen LogP contribution in [-0.4, -0.2) is 58.7 Å². The van der Waals surface area contributed by atoms with Gasteiger partial charge in [-0.2, -0.15) is 11.8 Å². The maximum Gasteiger partial charge on any atom is 0.303 e. The van der Waals surface area contributed by atoms with Crippen molar-refractivity contribution in [2.75, 3.05) is 32.5 Å². The first-order chi connectivity index (χ1) is 18.0. The van der Waals surface area contributed by atoms with Crippen LogP contribution in [0, 0.1) is 11.8 Å². The Morgan fingerprint density at radius 3 is 2.76 bits per heavy atom. The molecule has 2 aromatic rings. The number of benzene rings is 1. The fourth-order valence-corrected chi connectivity index (χ4v) is 7.50. The summed E-state index contributed by atoms with van der Waals surface area (Å²) < 4.78 is 20.8. The van der Waals surface area contributed by atoms with Gasteiger partial charge in [0.15, 0.2) is 0 Å². The van der Waals surface area contributed by atoms with Crippen molar-refractivity contribution in [3.05, 3.63) is 36.0 Å². The van der Waals surface area contributed by atoms with Crippen molar-refractivity contribution in [3.63, 3.8) is 0 Å². The highest BCUT2D eigenvalue weighted by Gasteiger charge is 2.31. The third-order valence-electron chi connectivity index (χ3n) is 8.30. The van der Waals surface area contributed by atoms with E-state index in [2.05, 4.69) is 21.6 Å². The maximum atomic E-state index is 15.5. The number of likely N-dealkylation sites (tertiary alicyclic amines) is 1. The topological polar surface area (TPSA) is 62.7 Å². The van der Waals surface area contributed by atoms with Crippen LogP contribution in [0.4, 0.5) is 4.39 Å². The van der Waals surface area contributed by atoms with E-state index in [9.17, 15) is 9.90 Å². The number of hydrogen-bond acceptors (Lipinski definition) is 5. The smallest absolute Gasteiger partial charge is 0.303 e. The van der Waals surface area contributed by atoms with E-state index >= 15 is 4.39 Å². The van der Waals surface area contributed by atoms with Gasteiger partial charge in [0.1, 0.15) is 11.9 Å². The Hall–Kier alpha value is -1.86. The van der Waals surface area contributed by atoms with Gasteiger partial charge in [-0.25, -0.2) is 4.39 Å². The zero-order chi connectivity index (χ0) is 26.0. The van der Waals surface area contributed by atoms with Crippen molar-refractivity contribution in [3.8, 4) is 5.75 Å². The number of carboxylic acid groups (broad SMARTS) is 1. The predicted octanol–water partition coefficient (Wildman–Crippen LogP) is 7.29. The van der Waals surface area contributed by atoms with Gasteiger partial charge in [-0.15, -0.1) is 0 Å². The highest BCUT2D eigenvalue weighted by atomic mass is 32.2. The molecule has 2 fully saturated rings. The number of aliphatic carboxylic acids is 1. The number of carbonyl (C=O) groups is 1. The van der Waals surface area contributed by atoms with E-state index in [4.69, 9.17) is 4.74 Å². The lowest BCUT2D eigenvalue weighted by Gasteiger charge is -2.38. The first kappa shape index (κ1) is 28.2. The Balaban J connectivity index is 1.28. The fraction of sp³-hybridized carbons (Fsp3) is 0.667. The first-order valence-corrected chi connectivity index (χ1v) is 15.2. The molecule has 1 aliphatic heterocycles. The van der Waals surface area contributed by atoms with E-state index in [0.717, 1.165) is 48.6 Å². The summed E-state index contributed by atoms with van der Waals surface area (Å²) in [6.45, 7) is 2.84. The average molecular weight is 531 g/mol. The van der Waals surface area contributed by atoms with Gasteiger partial charge in [0, 0.05) is 29.8 Å². The van der Waals surface area contributed by atoms with Gasteiger partial charge in [0.2, 0.25) is 0 Å². The van der Waals surface area contributed by atoms with E-state index in [0.29, 0.717) is 24.2 Å². The molecule has 0 bridgehead atoms. The second-order valence-electron chi connectivity index (χ2n) is 10.9. The largest absolute Gasteiger partial charge is 0.497 e. The molecule has 1 aromatic carbocycles. The Bertz CT molecular complexity index is 998. The van der Waals surface area contributed by atoms with Gasteiger partial charge in [-0.3, -0.25) is 9.78 Å². The van der Waals surface area contributed by atoms with Gasteiger partial charge >= 0.3 is 5.97 Å². The molecule has 3 atom stereocenters. The molecule has 5 nitrogen and oxygen atoms in total. The second-order valence-corrected chi connectivity index (χ2v) is 12.3. The minimum atomic E-state index is -1.11. The van der Waals surface area contributed by atoms with Crippen molar-refractivity contribution in [1.82, 2.24) is 9.88 Å². The van der Waals surface area contributed by atoms with Crippen molar-refractivity contribution in [2.24, 2.45) is 11.8 Å². The zero-order valence-corrected chi connectivity index (χ0v) is 23.1. The van der Waals surface area contributed by atoms with Crippen molar-refractivity contribution >= 4 is 28.6 Å². The summed E-state index contributed by atoms with van der Waals surface area (Å²) >= 11 is 2.15. The number of fused-ring (bicyclic) bond motifs is 1. The molecule has 1 N–H and O–H groups in total. The summed E-state index contributed by atoms with van der Waals surface area (Å²) in [4.78, 5) is 18.5. The number of alkyl halides is 1. The standard InChI is InChI=1S/C30H43FN2O3S/c1-36-24-10-12-29-27(20-24)26(13-15-32-29)28(31)11-9-22-14-17-33(21-23(22)19-30(34)35)16-6-18-37-25-7-4-2-3-5-8-25/h10,12-13,15,20,22-23,25,28H,2-9,11,14,16-19,21H2,1H3,(H,34,35)/t22-,23+,28+/m1/s1. The highest BCUT2D eigenvalue weighted by molar-refractivity contribution is 7.99. The highest BCUT2D eigenvalue weighted by Crippen LogP contribution is 2.36. The lowest BCUT2D eigenvalue weighted by molar-refractivity contribution is -0.139. The number of hydrogen-bond donors (Lipinski definition) is 1. The Kier molecular flexibility index (Phi) is 10.9. The third kappa shape index (κ3) is 8.31. The second kappa shape index (κ2) is 14.3. The third-order valence-corrected chi connectivity index (χ3v) is 9.76. The number of carboxylic acids is 1. The lowest BCUT2D eigenvalue weighted by atomic mass is 9.79. The summed E-state index contributed by atoms with van der Waals surface area (Å²) in [5.41, 5.74) is 1.40. The maximum absolute atomic E-state index is 15.5. The van der Waals surface area contributed by atoms with Crippen LogP contribution in [-0.2, 0) is 4.79 Å². The van der Waals surface area contributed by atoms with E-state index in [-0.39, 0.29) is 18.3 Å². The lowest BCUT2D eigenvalue weighted by Crippen LogP contribution is -2.42. The molecule has 1 aromatic heterocycles. The number of rotatable bonds is 12. The monoisotopic (exact) mass is 530 g/mol. The predicted molar refractivity (Wildman–Crippen MR) is 150 cm³/mol. The molecular weight excluding hydrogens is 487 g/mol. The minimum absolute atomic E-state index is 0.0854. The van der Waals surface area contributed by atoms with E-state index in [1.807, 2.05) is 18.2 Å². The normalized spacial score (nSPS) is 22.5. The molecule has 1 saturated heterocycles. The molecule has 0 spiro atoms. The van der Waals surface area contributed by atoms with E-state index < -0.39 is 12.1 Å². The van der Waals surface area contributed by atoms with Crippen LogP contribution < -0.4 is 4.74 Å². The molecule has 0 unspecified atom stereocenters. The van der Waals surface area contributed by atoms with Crippen LogP contribution >= 0.6 is 11.8 Å². The number of methoxy groups -OCH3 is 1. The summed E-state index contributed by atoms with van der Waals surface area (Å²) in [5.74, 6) is 1.47. The molecule has 2 aliphatic rings. The van der Waals surface area contributed by atoms with Crippen LogP contribution in [0.5, 0.6) is 5.75 Å². The number of halogens is 1. The van der Waals surface area contributed by atoms with Crippen molar-refractivity contribution in [1.29, 1.82) is 0 Å². The summed E-state index contributed by atoms with van der Waals surface area (Å²) in [6.07, 6.45) is 12.2. The number of ether oxygens (including phenoxy) is 1. The quantitative estimate of drug-likeness (QED) is 0.230. The van der Waals surface area contributed by atoms with Crippen molar-refractivity contribution < 1.29 is 19.0 Å². The van der Waals surface area contributed by atoms with Crippen molar-refractivity contribution in [2.45, 2.75) is 82.1 Å². The molecule has 204 valence electrons. The van der Waals surface area contributed by atoms with E-state index in [1.54, 1.807) is 19.4 Å². The summed E-state index contributed by atoms with van der Waals surface area (Å²) in [7, 11) is 1.61. The molecule has 0 radical (unpaired) electrons. The SMILES string of the molecule is COc1ccc2nccc([C@@H](F)CC[C@@H]3CCN(CCCSC4CCCCCC4)C[C@@H]3CC(=O)O)c2c1. The van der Waals surface area contributed by atoms with Crippen LogP contribution in [0.2, 0.25) is 0 Å². The van der Waals surface area contributed by atoms with Gasteiger partial charge < -0.3 is 14.7 Å². The summed E-state index contributed by atoms with van der Waals surface area (Å²) in [5, 5.41) is 11.2. The number of aromatic nitrogens is 1. The molecule has 0 amide bonds. The minimum Gasteiger partial charge on any atom is -0.497 e. The van der Waals surface area contributed by atoms with Gasteiger partial charge in [-0.1, -0.05) is 25.7 Å². The van der Waals surface area contributed by atoms with Crippen LogP contribution in [0.25, 0.3) is 10.9 Å².